The highest BCUT2D eigenvalue weighted by Gasteiger charge is 2.12. The van der Waals surface area contributed by atoms with Crippen LogP contribution in [0, 0.1) is 6.92 Å². The summed E-state index contributed by atoms with van der Waals surface area (Å²) in [5, 5.41) is 0. The average molecular weight is 415 g/mol. The standard InChI is InChI=1S/C21H22N2O3S2/c1-3-26-20(25)14-23-17-10-9-15(2)13-18(17)28-21(23)22-19(24)11-12-27-16-7-5-4-6-8-16/h4-10,13H,3,11-12,14H2,1-2H3. The summed E-state index contributed by atoms with van der Waals surface area (Å²) in [7, 11) is 0. The number of carbonyl (C=O) groups excluding carboxylic acids is 2. The first-order valence-corrected chi connectivity index (χ1v) is 10.9. The third-order valence-corrected chi connectivity index (χ3v) is 6.03. The van der Waals surface area contributed by atoms with Crippen molar-refractivity contribution in [2.24, 2.45) is 4.99 Å². The number of nitrogens with zero attached hydrogens (tertiary/aromatic N) is 2. The van der Waals surface area contributed by atoms with Crippen molar-refractivity contribution in [3.63, 3.8) is 0 Å². The Bertz CT molecular complexity index is 1040. The first-order chi connectivity index (χ1) is 13.6. The number of hydrogen-bond donors (Lipinski definition) is 0. The predicted molar refractivity (Wildman–Crippen MR) is 114 cm³/mol. The summed E-state index contributed by atoms with van der Waals surface area (Å²) in [4.78, 5) is 30.4. The third-order valence-electron chi connectivity index (χ3n) is 3.98. The van der Waals surface area contributed by atoms with Crippen molar-refractivity contribution in [3.8, 4) is 0 Å². The maximum absolute atomic E-state index is 12.4. The highest BCUT2D eigenvalue weighted by Crippen LogP contribution is 2.20. The van der Waals surface area contributed by atoms with Crippen LogP contribution in [0.3, 0.4) is 0 Å². The number of amides is 1. The number of aromatic nitrogens is 1. The monoisotopic (exact) mass is 414 g/mol. The second-order valence-electron chi connectivity index (χ2n) is 6.16. The molecule has 0 bridgehead atoms. The average Bonchev–Trinajstić information content (AvgIpc) is 2.98. The molecule has 28 heavy (non-hydrogen) atoms. The van der Waals surface area contributed by atoms with Crippen LogP contribution in [0.15, 0.2) is 58.4 Å². The number of thioether (sulfide) groups is 1. The van der Waals surface area contributed by atoms with Crippen LogP contribution in [-0.4, -0.2) is 28.8 Å². The number of fused-ring (bicyclic) bond motifs is 1. The van der Waals surface area contributed by atoms with Crippen molar-refractivity contribution < 1.29 is 14.3 Å². The van der Waals surface area contributed by atoms with Gasteiger partial charge in [-0.1, -0.05) is 35.6 Å². The number of thiazole rings is 1. The van der Waals surface area contributed by atoms with E-state index in [1.807, 2.05) is 55.5 Å². The molecule has 3 aromatic rings. The van der Waals surface area contributed by atoms with E-state index in [1.165, 1.54) is 11.3 Å². The SMILES string of the molecule is CCOC(=O)Cn1c(=NC(=O)CCSc2ccccc2)sc2cc(C)ccc21. The molecule has 0 aliphatic heterocycles. The largest absolute Gasteiger partial charge is 0.465 e. The Hall–Kier alpha value is -2.38. The van der Waals surface area contributed by atoms with Crippen LogP contribution in [0.25, 0.3) is 10.2 Å². The molecule has 5 nitrogen and oxygen atoms in total. The zero-order valence-corrected chi connectivity index (χ0v) is 17.5. The van der Waals surface area contributed by atoms with E-state index in [0.29, 0.717) is 23.6 Å². The summed E-state index contributed by atoms with van der Waals surface area (Å²) in [5.41, 5.74) is 2.00. The number of aryl methyl sites for hydroxylation is 1. The first-order valence-electron chi connectivity index (χ1n) is 9.08. The van der Waals surface area contributed by atoms with Gasteiger partial charge in [-0.15, -0.1) is 11.8 Å². The van der Waals surface area contributed by atoms with Crippen LogP contribution in [0.1, 0.15) is 18.9 Å². The van der Waals surface area contributed by atoms with Crippen LogP contribution in [0.2, 0.25) is 0 Å². The van der Waals surface area contributed by atoms with Gasteiger partial charge in [-0.3, -0.25) is 9.59 Å². The predicted octanol–water partition coefficient (Wildman–Crippen LogP) is 4.18. The van der Waals surface area contributed by atoms with Gasteiger partial charge in [0.05, 0.1) is 16.8 Å². The van der Waals surface area contributed by atoms with Gasteiger partial charge < -0.3 is 9.30 Å². The van der Waals surface area contributed by atoms with E-state index >= 15 is 0 Å². The van der Waals surface area contributed by atoms with Gasteiger partial charge in [-0.05, 0) is 43.7 Å². The van der Waals surface area contributed by atoms with E-state index < -0.39 is 0 Å². The van der Waals surface area contributed by atoms with Crippen molar-refractivity contribution in [2.45, 2.75) is 31.7 Å². The van der Waals surface area contributed by atoms with Crippen molar-refractivity contribution in [1.29, 1.82) is 0 Å². The van der Waals surface area contributed by atoms with Crippen molar-refractivity contribution in [1.82, 2.24) is 4.57 Å². The van der Waals surface area contributed by atoms with Gasteiger partial charge in [0.25, 0.3) is 0 Å². The lowest BCUT2D eigenvalue weighted by Crippen LogP contribution is -2.23. The van der Waals surface area contributed by atoms with E-state index in [0.717, 1.165) is 20.7 Å². The Morgan fingerprint density at radius 2 is 1.96 bits per heavy atom. The Labute approximate surface area is 172 Å². The van der Waals surface area contributed by atoms with E-state index in [2.05, 4.69) is 4.99 Å². The molecule has 1 aromatic heterocycles. The lowest BCUT2D eigenvalue weighted by molar-refractivity contribution is -0.143. The molecule has 0 saturated carbocycles. The van der Waals surface area contributed by atoms with E-state index in [9.17, 15) is 9.59 Å². The number of ether oxygens (including phenoxy) is 1. The molecule has 0 N–H and O–H groups in total. The minimum Gasteiger partial charge on any atom is -0.465 e. The van der Waals surface area contributed by atoms with Crippen molar-refractivity contribution in [2.75, 3.05) is 12.4 Å². The van der Waals surface area contributed by atoms with Crippen LogP contribution >= 0.6 is 23.1 Å². The van der Waals surface area contributed by atoms with Crippen molar-refractivity contribution in [3.05, 3.63) is 58.9 Å². The fourth-order valence-electron chi connectivity index (χ4n) is 2.69. The zero-order chi connectivity index (χ0) is 19.9. The topological polar surface area (TPSA) is 60.7 Å². The molecule has 146 valence electrons. The molecule has 0 aliphatic rings. The molecule has 0 spiro atoms. The third kappa shape index (κ3) is 5.33. The summed E-state index contributed by atoms with van der Waals surface area (Å²) >= 11 is 3.05. The molecule has 1 heterocycles. The number of carbonyl (C=O) groups is 2. The van der Waals surface area contributed by atoms with Gasteiger partial charge in [0.15, 0.2) is 4.80 Å². The Morgan fingerprint density at radius 3 is 2.71 bits per heavy atom. The van der Waals surface area contributed by atoms with Crippen LogP contribution in [0.4, 0.5) is 0 Å². The maximum Gasteiger partial charge on any atom is 0.326 e. The number of hydrogen-bond acceptors (Lipinski definition) is 5. The summed E-state index contributed by atoms with van der Waals surface area (Å²) < 4.78 is 7.84. The number of esters is 1. The first kappa shape index (κ1) is 20.4. The van der Waals surface area contributed by atoms with Gasteiger partial charge in [-0.25, -0.2) is 0 Å². The lowest BCUT2D eigenvalue weighted by Gasteiger charge is -2.05. The molecular weight excluding hydrogens is 392 g/mol. The lowest BCUT2D eigenvalue weighted by atomic mass is 10.2. The molecular formula is C21H22N2O3S2. The molecule has 0 radical (unpaired) electrons. The summed E-state index contributed by atoms with van der Waals surface area (Å²) in [5.74, 6) is 0.134. The zero-order valence-electron chi connectivity index (χ0n) is 15.9. The van der Waals surface area contributed by atoms with Gasteiger partial charge in [0.2, 0.25) is 5.91 Å². The maximum atomic E-state index is 12.4. The molecule has 7 heteroatoms. The molecule has 0 saturated heterocycles. The molecule has 3 rings (SSSR count). The second-order valence-corrected chi connectivity index (χ2v) is 8.34. The van der Waals surface area contributed by atoms with Gasteiger partial charge in [0.1, 0.15) is 6.54 Å². The molecule has 0 aliphatic carbocycles. The Balaban J connectivity index is 1.81. The highest BCUT2D eigenvalue weighted by atomic mass is 32.2. The number of rotatable bonds is 7. The van der Waals surface area contributed by atoms with Gasteiger partial charge in [0, 0.05) is 17.1 Å². The summed E-state index contributed by atoms with van der Waals surface area (Å²) in [6.07, 6.45) is 0.340. The molecule has 1 amide bonds. The minimum atomic E-state index is -0.337. The quantitative estimate of drug-likeness (QED) is 0.430. The van der Waals surface area contributed by atoms with Gasteiger partial charge >= 0.3 is 5.97 Å². The minimum absolute atomic E-state index is 0.0434. The van der Waals surface area contributed by atoms with Crippen LogP contribution in [-0.2, 0) is 20.9 Å². The molecule has 0 unspecified atom stereocenters. The van der Waals surface area contributed by atoms with E-state index in [1.54, 1.807) is 23.3 Å². The second kappa shape index (κ2) is 9.71. The normalized spacial score (nSPS) is 11.7. The fraction of sp³-hybridized carbons (Fsp3) is 0.286. The van der Waals surface area contributed by atoms with Crippen molar-refractivity contribution >= 4 is 45.2 Å². The van der Waals surface area contributed by atoms with Crippen LogP contribution in [0.5, 0.6) is 0 Å². The van der Waals surface area contributed by atoms with E-state index in [4.69, 9.17) is 4.74 Å². The smallest absolute Gasteiger partial charge is 0.326 e. The van der Waals surface area contributed by atoms with E-state index in [-0.39, 0.29) is 18.4 Å². The molecule has 0 fully saturated rings. The Morgan fingerprint density at radius 1 is 1.18 bits per heavy atom. The number of benzene rings is 2. The van der Waals surface area contributed by atoms with Gasteiger partial charge in [-0.2, -0.15) is 4.99 Å². The summed E-state index contributed by atoms with van der Waals surface area (Å²) in [6.45, 7) is 4.15. The summed E-state index contributed by atoms with van der Waals surface area (Å²) in [6, 6.07) is 15.9. The molecule has 0 atom stereocenters. The molecule has 2 aromatic carbocycles. The van der Waals surface area contributed by atoms with Crippen LogP contribution < -0.4 is 4.80 Å². The highest BCUT2D eigenvalue weighted by molar-refractivity contribution is 7.99. The fourth-order valence-corrected chi connectivity index (χ4v) is 4.70. The Kier molecular flexibility index (Phi) is 7.06.